The van der Waals surface area contributed by atoms with Crippen molar-refractivity contribution in [3.8, 4) is 0 Å². The highest BCUT2D eigenvalue weighted by atomic mass is 16.5. The van der Waals surface area contributed by atoms with E-state index in [-0.39, 0.29) is 18.6 Å². The third-order valence-corrected chi connectivity index (χ3v) is 2.31. The molecular weight excluding hydrogens is 182 g/mol. The molecule has 1 rings (SSSR count). The number of carbonyl (C=O) groups excluding carboxylic acids is 1. The van der Waals surface area contributed by atoms with Gasteiger partial charge < -0.3 is 15.2 Å². The molecule has 4 heteroatoms. The Balaban J connectivity index is 2.27. The monoisotopic (exact) mass is 201 g/mol. The van der Waals surface area contributed by atoms with Gasteiger partial charge in [-0.1, -0.05) is 0 Å². The van der Waals surface area contributed by atoms with Crippen molar-refractivity contribution in [2.45, 2.75) is 44.8 Å². The number of aliphatic hydroxyl groups is 1. The molecule has 0 aromatic rings. The van der Waals surface area contributed by atoms with Crippen LogP contribution in [0.25, 0.3) is 0 Å². The molecular formula is C10H19NO3. The molecule has 0 spiro atoms. The summed E-state index contributed by atoms with van der Waals surface area (Å²) in [5, 5.41) is 11.7. The Morgan fingerprint density at radius 3 is 2.86 bits per heavy atom. The van der Waals surface area contributed by atoms with Gasteiger partial charge in [-0.3, -0.25) is 4.79 Å². The lowest BCUT2D eigenvalue weighted by Gasteiger charge is -2.24. The molecule has 0 radical (unpaired) electrons. The number of amides is 1. The molecule has 4 nitrogen and oxygen atoms in total. The number of hydrogen-bond donors (Lipinski definition) is 2. The first kappa shape index (κ1) is 11.5. The minimum atomic E-state index is -0.532. The van der Waals surface area contributed by atoms with Crippen molar-refractivity contribution in [1.82, 2.24) is 5.32 Å². The van der Waals surface area contributed by atoms with Gasteiger partial charge in [0.2, 0.25) is 5.91 Å². The van der Waals surface area contributed by atoms with Gasteiger partial charge in [0.25, 0.3) is 0 Å². The molecule has 14 heavy (non-hydrogen) atoms. The van der Waals surface area contributed by atoms with Crippen LogP contribution in [0.5, 0.6) is 0 Å². The van der Waals surface area contributed by atoms with Crippen LogP contribution in [-0.4, -0.2) is 35.9 Å². The predicted molar refractivity (Wildman–Crippen MR) is 52.9 cm³/mol. The van der Waals surface area contributed by atoms with E-state index in [1.54, 1.807) is 13.8 Å². The van der Waals surface area contributed by atoms with Gasteiger partial charge in [-0.2, -0.15) is 0 Å². The third kappa shape index (κ3) is 3.64. The number of rotatable bonds is 4. The van der Waals surface area contributed by atoms with E-state index in [0.717, 1.165) is 19.4 Å². The first-order chi connectivity index (χ1) is 6.53. The summed E-state index contributed by atoms with van der Waals surface area (Å²) < 4.78 is 5.35. The molecule has 1 unspecified atom stereocenters. The van der Waals surface area contributed by atoms with E-state index in [1.807, 2.05) is 0 Å². The molecule has 82 valence electrons. The molecule has 1 atom stereocenters. The molecule has 0 aliphatic carbocycles. The standard InChI is InChI=1S/C10H19NO3/c1-10(2,7-12)11-9(13)6-8-4-3-5-14-8/h8,12H,3-7H2,1-2H3,(H,11,13). The van der Waals surface area contributed by atoms with Crippen molar-refractivity contribution in [2.24, 2.45) is 0 Å². The van der Waals surface area contributed by atoms with Crippen molar-refractivity contribution in [3.63, 3.8) is 0 Å². The van der Waals surface area contributed by atoms with Gasteiger partial charge in [-0.15, -0.1) is 0 Å². The zero-order valence-corrected chi connectivity index (χ0v) is 8.88. The lowest BCUT2D eigenvalue weighted by atomic mass is 10.1. The molecule has 0 saturated carbocycles. The Morgan fingerprint density at radius 1 is 1.64 bits per heavy atom. The number of ether oxygens (including phenoxy) is 1. The zero-order valence-electron chi connectivity index (χ0n) is 8.88. The van der Waals surface area contributed by atoms with E-state index in [4.69, 9.17) is 9.84 Å². The van der Waals surface area contributed by atoms with Crippen LogP contribution in [0.1, 0.15) is 33.1 Å². The van der Waals surface area contributed by atoms with Crippen molar-refractivity contribution < 1.29 is 14.6 Å². The van der Waals surface area contributed by atoms with Crippen molar-refractivity contribution in [1.29, 1.82) is 0 Å². The Hall–Kier alpha value is -0.610. The fourth-order valence-corrected chi connectivity index (χ4v) is 1.48. The molecule has 2 N–H and O–H groups in total. The van der Waals surface area contributed by atoms with Gasteiger partial charge in [-0.05, 0) is 26.7 Å². The number of nitrogens with one attached hydrogen (secondary N) is 1. The van der Waals surface area contributed by atoms with Gasteiger partial charge in [0.1, 0.15) is 0 Å². The molecule has 1 heterocycles. The Labute approximate surface area is 84.6 Å². The van der Waals surface area contributed by atoms with Gasteiger partial charge in [-0.25, -0.2) is 0 Å². The average molecular weight is 201 g/mol. The fraction of sp³-hybridized carbons (Fsp3) is 0.900. The maximum absolute atomic E-state index is 11.5. The molecule has 1 amide bonds. The summed E-state index contributed by atoms with van der Waals surface area (Å²) in [7, 11) is 0. The van der Waals surface area contributed by atoms with Crippen molar-refractivity contribution in [2.75, 3.05) is 13.2 Å². The highest BCUT2D eigenvalue weighted by Gasteiger charge is 2.23. The first-order valence-electron chi connectivity index (χ1n) is 5.07. The summed E-state index contributed by atoms with van der Waals surface area (Å²) >= 11 is 0. The van der Waals surface area contributed by atoms with Crippen LogP contribution >= 0.6 is 0 Å². The number of hydrogen-bond acceptors (Lipinski definition) is 3. The van der Waals surface area contributed by atoms with Crippen LogP contribution < -0.4 is 5.32 Å². The van der Waals surface area contributed by atoms with Crippen LogP contribution in [-0.2, 0) is 9.53 Å². The Kier molecular flexibility index (Phi) is 3.89. The second-order valence-corrected chi connectivity index (χ2v) is 4.43. The molecule has 1 aliphatic rings. The summed E-state index contributed by atoms with van der Waals surface area (Å²) in [6.07, 6.45) is 2.49. The van der Waals surface area contributed by atoms with E-state index >= 15 is 0 Å². The van der Waals surface area contributed by atoms with Crippen LogP contribution in [0.3, 0.4) is 0 Å². The van der Waals surface area contributed by atoms with Crippen LogP contribution in [0, 0.1) is 0 Å². The van der Waals surface area contributed by atoms with Gasteiger partial charge >= 0.3 is 0 Å². The normalized spacial score (nSPS) is 22.4. The SMILES string of the molecule is CC(C)(CO)NC(=O)CC1CCCO1. The quantitative estimate of drug-likeness (QED) is 0.694. The maximum Gasteiger partial charge on any atom is 0.223 e. The van der Waals surface area contributed by atoms with E-state index < -0.39 is 5.54 Å². The smallest absolute Gasteiger partial charge is 0.223 e. The highest BCUT2D eigenvalue weighted by molar-refractivity contribution is 5.77. The molecule has 1 saturated heterocycles. The van der Waals surface area contributed by atoms with Crippen molar-refractivity contribution >= 4 is 5.91 Å². The third-order valence-electron chi connectivity index (χ3n) is 2.31. The van der Waals surface area contributed by atoms with E-state index in [1.165, 1.54) is 0 Å². The average Bonchev–Trinajstić information content (AvgIpc) is 2.55. The van der Waals surface area contributed by atoms with E-state index in [9.17, 15) is 4.79 Å². The van der Waals surface area contributed by atoms with Crippen LogP contribution in [0.2, 0.25) is 0 Å². The lowest BCUT2D eigenvalue weighted by Crippen LogP contribution is -2.47. The van der Waals surface area contributed by atoms with E-state index in [2.05, 4.69) is 5.32 Å². The Morgan fingerprint density at radius 2 is 2.36 bits per heavy atom. The molecule has 1 aliphatic heterocycles. The molecule has 0 bridgehead atoms. The topological polar surface area (TPSA) is 58.6 Å². The number of aliphatic hydroxyl groups excluding tert-OH is 1. The molecule has 0 aromatic carbocycles. The summed E-state index contributed by atoms with van der Waals surface area (Å²) in [5.41, 5.74) is -0.532. The highest BCUT2D eigenvalue weighted by Crippen LogP contribution is 2.15. The molecule has 0 aromatic heterocycles. The minimum absolute atomic E-state index is 0.0454. The lowest BCUT2D eigenvalue weighted by molar-refractivity contribution is -0.125. The van der Waals surface area contributed by atoms with E-state index in [0.29, 0.717) is 6.42 Å². The Bertz CT molecular complexity index is 198. The second kappa shape index (κ2) is 4.75. The maximum atomic E-state index is 11.5. The van der Waals surface area contributed by atoms with Crippen LogP contribution in [0.15, 0.2) is 0 Å². The second-order valence-electron chi connectivity index (χ2n) is 4.43. The first-order valence-corrected chi connectivity index (χ1v) is 5.07. The summed E-state index contributed by atoms with van der Waals surface area (Å²) in [5.74, 6) is -0.0454. The van der Waals surface area contributed by atoms with Gasteiger partial charge in [0, 0.05) is 6.61 Å². The predicted octanol–water partition coefficient (Wildman–Crippen LogP) is 0.443. The van der Waals surface area contributed by atoms with Gasteiger partial charge in [0.15, 0.2) is 0 Å². The molecule has 1 fully saturated rings. The number of carbonyl (C=O) groups is 1. The summed E-state index contributed by atoms with van der Waals surface area (Å²) in [6, 6.07) is 0. The largest absolute Gasteiger partial charge is 0.394 e. The van der Waals surface area contributed by atoms with Gasteiger partial charge in [0.05, 0.1) is 24.7 Å². The summed E-state index contributed by atoms with van der Waals surface area (Å²) in [4.78, 5) is 11.5. The summed E-state index contributed by atoms with van der Waals surface area (Å²) in [6.45, 7) is 4.30. The van der Waals surface area contributed by atoms with Crippen molar-refractivity contribution in [3.05, 3.63) is 0 Å². The zero-order chi connectivity index (χ0) is 10.6. The fourth-order valence-electron chi connectivity index (χ4n) is 1.48. The van der Waals surface area contributed by atoms with Crippen LogP contribution in [0.4, 0.5) is 0 Å². The minimum Gasteiger partial charge on any atom is -0.394 e.